The van der Waals surface area contributed by atoms with Crippen LogP contribution >= 0.6 is 12.2 Å². The third kappa shape index (κ3) is 7.61. The molecule has 3 rings (SSSR count). The zero-order valence-corrected chi connectivity index (χ0v) is 20.6. The molecule has 186 valence electrons. The van der Waals surface area contributed by atoms with Gasteiger partial charge in [-0.1, -0.05) is 12.1 Å². The van der Waals surface area contributed by atoms with E-state index < -0.39 is 20.9 Å². The molecule has 0 saturated heterocycles. The van der Waals surface area contributed by atoms with Gasteiger partial charge in [-0.2, -0.15) is 0 Å². The van der Waals surface area contributed by atoms with Crippen molar-refractivity contribution in [3.63, 3.8) is 0 Å². The predicted molar refractivity (Wildman–Crippen MR) is 141 cm³/mol. The van der Waals surface area contributed by atoms with Crippen LogP contribution in [0.5, 0.6) is 5.75 Å². The molecule has 3 N–H and O–H groups in total. The number of amides is 1. The van der Waals surface area contributed by atoms with Gasteiger partial charge in [-0.15, -0.1) is 0 Å². The Balaban J connectivity index is 1.55. The van der Waals surface area contributed by atoms with Crippen molar-refractivity contribution in [2.45, 2.75) is 11.8 Å². The zero-order valence-electron chi connectivity index (χ0n) is 19.0. The first-order chi connectivity index (χ1) is 17.2. The molecular weight excluding hydrogens is 504 g/mol. The Labute approximate surface area is 213 Å². The quantitative estimate of drug-likeness (QED) is 0.162. The lowest BCUT2D eigenvalue weighted by Gasteiger charge is -2.11. The van der Waals surface area contributed by atoms with Gasteiger partial charge in [0.05, 0.1) is 16.4 Å². The molecule has 0 atom stereocenters. The molecule has 0 fully saturated rings. The van der Waals surface area contributed by atoms with Gasteiger partial charge in [0, 0.05) is 29.6 Å². The molecule has 0 aliphatic carbocycles. The highest BCUT2D eigenvalue weighted by atomic mass is 32.2. The summed E-state index contributed by atoms with van der Waals surface area (Å²) in [6, 6.07) is 18.2. The van der Waals surface area contributed by atoms with E-state index in [1.807, 2.05) is 6.92 Å². The number of nitro benzene ring substituents is 1. The fourth-order valence-electron chi connectivity index (χ4n) is 2.95. The van der Waals surface area contributed by atoms with E-state index in [0.717, 1.165) is 0 Å². The summed E-state index contributed by atoms with van der Waals surface area (Å²) >= 11 is 5.11. The molecule has 0 radical (unpaired) electrons. The summed E-state index contributed by atoms with van der Waals surface area (Å²) in [5, 5.41) is 16.1. The SMILES string of the molecule is CCOc1ccc(NS(=O)(=O)c2ccc(NC(=S)NC(=O)/C=C/c3cccc([N+](=O)[O-])c3)cc2)cc1. The normalized spacial score (nSPS) is 11.0. The zero-order chi connectivity index (χ0) is 26.1. The Bertz CT molecular complexity index is 1390. The van der Waals surface area contributed by atoms with Crippen LogP contribution in [-0.4, -0.2) is 31.0 Å². The van der Waals surface area contributed by atoms with Gasteiger partial charge in [-0.05, 0) is 79.3 Å². The van der Waals surface area contributed by atoms with Gasteiger partial charge in [0.25, 0.3) is 15.7 Å². The van der Waals surface area contributed by atoms with Crippen LogP contribution in [0, 0.1) is 10.1 Å². The van der Waals surface area contributed by atoms with E-state index in [1.165, 1.54) is 54.6 Å². The number of carbonyl (C=O) groups is 1. The molecule has 3 aromatic rings. The van der Waals surface area contributed by atoms with Crippen molar-refractivity contribution >= 4 is 56.4 Å². The van der Waals surface area contributed by atoms with Gasteiger partial charge >= 0.3 is 0 Å². The molecule has 0 heterocycles. The maximum Gasteiger partial charge on any atom is 0.270 e. The smallest absolute Gasteiger partial charge is 0.270 e. The maximum atomic E-state index is 12.6. The van der Waals surface area contributed by atoms with E-state index in [-0.39, 0.29) is 15.7 Å². The first-order valence-corrected chi connectivity index (χ1v) is 12.5. The van der Waals surface area contributed by atoms with Crippen LogP contribution in [0.2, 0.25) is 0 Å². The van der Waals surface area contributed by atoms with Crippen molar-refractivity contribution in [2.24, 2.45) is 0 Å². The minimum atomic E-state index is -3.82. The average molecular weight is 527 g/mol. The first kappa shape index (κ1) is 26.3. The Morgan fingerprint density at radius 1 is 1.06 bits per heavy atom. The van der Waals surface area contributed by atoms with Crippen molar-refractivity contribution in [3.05, 3.63) is 94.6 Å². The second kappa shape index (κ2) is 11.9. The number of hydrogen-bond acceptors (Lipinski definition) is 7. The molecule has 0 aliphatic heterocycles. The molecule has 0 bridgehead atoms. The second-order valence-electron chi connectivity index (χ2n) is 7.22. The lowest BCUT2D eigenvalue weighted by atomic mass is 10.2. The van der Waals surface area contributed by atoms with Crippen LogP contribution in [0.25, 0.3) is 6.08 Å². The molecular formula is C24H22N4O6S2. The number of nitrogens with zero attached hydrogens (tertiary/aromatic N) is 1. The van der Waals surface area contributed by atoms with Gasteiger partial charge < -0.3 is 10.1 Å². The Hall–Kier alpha value is -4.29. The molecule has 0 aliphatic rings. The summed E-state index contributed by atoms with van der Waals surface area (Å²) in [5.74, 6) is 0.0937. The van der Waals surface area contributed by atoms with Crippen LogP contribution in [0.4, 0.5) is 17.1 Å². The number of hydrogen-bond donors (Lipinski definition) is 3. The summed E-state index contributed by atoms with van der Waals surface area (Å²) in [4.78, 5) is 22.4. The van der Waals surface area contributed by atoms with E-state index in [0.29, 0.717) is 29.3 Å². The molecule has 0 aromatic heterocycles. The highest BCUT2D eigenvalue weighted by Crippen LogP contribution is 2.21. The molecule has 0 spiro atoms. The van der Waals surface area contributed by atoms with Crippen molar-refractivity contribution in [1.29, 1.82) is 0 Å². The lowest BCUT2D eigenvalue weighted by molar-refractivity contribution is -0.384. The number of nitro groups is 1. The summed E-state index contributed by atoms with van der Waals surface area (Å²) in [6.45, 7) is 2.37. The summed E-state index contributed by atoms with van der Waals surface area (Å²) in [5.41, 5.74) is 1.24. The minimum Gasteiger partial charge on any atom is -0.494 e. The van der Waals surface area contributed by atoms with E-state index in [1.54, 1.807) is 30.3 Å². The van der Waals surface area contributed by atoms with Crippen LogP contribution < -0.4 is 20.1 Å². The van der Waals surface area contributed by atoms with Gasteiger partial charge in [-0.25, -0.2) is 8.42 Å². The van der Waals surface area contributed by atoms with Gasteiger partial charge in [0.1, 0.15) is 5.75 Å². The van der Waals surface area contributed by atoms with Gasteiger partial charge in [0.2, 0.25) is 5.91 Å². The van der Waals surface area contributed by atoms with Crippen LogP contribution in [0.3, 0.4) is 0 Å². The number of nitrogens with one attached hydrogen (secondary N) is 3. The molecule has 10 nitrogen and oxygen atoms in total. The molecule has 3 aromatic carbocycles. The molecule has 0 unspecified atom stereocenters. The van der Waals surface area contributed by atoms with Crippen molar-refractivity contribution in [1.82, 2.24) is 5.32 Å². The number of rotatable bonds is 9. The van der Waals surface area contributed by atoms with Crippen LogP contribution in [-0.2, 0) is 14.8 Å². The molecule has 12 heteroatoms. The van der Waals surface area contributed by atoms with Crippen molar-refractivity contribution in [2.75, 3.05) is 16.6 Å². The largest absolute Gasteiger partial charge is 0.494 e. The number of ether oxygens (including phenoxy) is 1. The molecule has 1 amide bonds. The number of non-ortho nitro benzene ring substituents is 1. The minimum absolute atomic E-state index is 0.00758. The fourth-order valence-corrected chi connectivity index (χ4v) is 4.22. The Morgan fingerprint density at radius 3 is 2.36 bits per heavy atom. The van der Waals surface area contributed by atoms with Crippen molar-refractivity contribution in [3.8, 4) is 5.75 Å². The van der Waals surface area contributed by atoms with Crippen LogP contribution in [0.15, 0.2) is 83.8 Å². The predicted octanol–water partition coefficient (Wildman–Crippen LogP) is 4.32. The highest BCUT2D eigenvalue weighted by molar-refractivity contribution is 7.92. The maximum absolute atomic E-state index is 12.6. The lowest BCUT2D eigenvalue weighted by Crippen LogP contribution is -2.32. The third-order valence-electron chi connectivity index (χ3n) is 4.58. The second-order valence-corrected chi connectivity index (χ2v) is 9.31. The number of sulfonamides is 1. The van der Waals surface area contributed by atoms with Crippen LogP contribution in [0.1, 0.15) is 12.5 Å². The number of carbonyl (C=O) groups excluding carboxylic acids is 1. The fraction of sp³-hybridized carbons (Fsp3) is 0.0833. The standard InChI is InChI=1S/C24H22N4O6S2/c1-2-34-21-11-7-19(8-12-21)27-36(32,33)22-13-9-18(10-14-22)25-24(35)26-23(29)15-6-17-4-3-5-20(16-17)28(30)31/h3-16,27H,2H2,1H3,(H2,25,26,29,35)/b15-6+. The van der Waals surface area contributed by atoms with Crippen molar-refractivity contribution < 1.29 is 22.9 Å². The van der Waals surface area contributed by atoms with E-state index in [4.69, 9.17) is 17.0 Å². The molecule has 0 saturated carbocycles. The third-order valence-corrected chi connectivity index (χ3v) is 6.19. The molecule has 36 heavy (non-hydrogen) atoms. The van der Waals surface area contributed by atoms with E-state index in [9.17, 15) is 23.3 Å². The van der Waals surface area contributed by atoms with Gasteiger partial charge in [-0.3, -0.25) is 24.9 Å². The highest BCUT2D eigenvalue weighted by Gasteiger charge is 2.14. The topological polar surface area (TPSA) is 140 Å². The summed E-state index contributed by atoms with van der Waals surface area (Å²) in [7, 11) is -3.82. The van der Waals surface area contributed by atoms with E-state index >= 15 is 0 Å². The number of thiocarbonyl (C=S) groups is 1. The van der Waals surface area contributed by atoms with E-state index in [2.05, 4.69) is 15.4 Å². The number of anilines is 2. The summed E-state index contributed by atoms with van der Waals surface area (Å²) in [6.07, 6.45) is 2.61. The average Bonchev–Trinajstić information content (AvgIpc) is 2.84. The first-order valence-electron chi connectivity index (χ1n) is 10.6. The summed E-state index contributed by atoms with van der Waals surface area (Å²) < 4.78 is 33.1. The monoisotopic (exact) mass is 526 g/mol. The Morgan fingerprint density at radius 2 is 1.72 bits per heavy atom. The van der Waals surface area contributed by atoms with Gasteiger partial charge in [0.15, 0.2) is 5.11 Å². The Kier molecular flexibility index (Phi) is 8.71. The number of benzene rings is 3.